The molecule has 1 aromatic rings. The summed E-state index contributed by atoms with van der Waals surface area (Å²) < 4.78 is 5.12. The molecule has 0 spiro atoms. The normalized spacial score (nSPS) is 40.8. The van der Waals surface area contributed by atoms with Gasteiger partial charge in [-0.05, 0) is 152 Å². The topological polar surface area (TPSA) is 61.9 Å². The van der Waals surface area contributed by atoms with E-state index >= 15 is 0 Å². The summed E-state index contributed by atoms with van der Waals surface area (Å²) in [5, 5.41) is 4.33. The van der Waals surface area contributed by atoms with Crippen LogP contribution in [-0.4, -0.2) is 67.0 Å². The zero-order valence-electron chi connectivity index (χ0n) is 34.0. The van der Waals surface area contributed by atoms with Crippen molar-refractivity contribution in [2.45, 2.75) is 124 Å². The number of rotatable bonds is 9. The third-order valence-electron chi connectivity index (χ3n) is 18.0. The Morgan fingerprint density at radius 2 is 1.62 bits per heavy atom. The molecule has 0 bridgehead atoms. The standard InChI is InChI=1S/C47H69N3O3/c1-32(2)36-17-22-47(48-25-26-49-27-29-50(30-28-49)42(52)34-9-8-10-34)24-23-45(6)38(41(36)47)15-16-40-44(5)20-18-37(33-11-13-35(14-12-33)53-31-51)43(3,4)39(44)19-21-46(40,45)7/h11-14,18,31,34,36,38-41,48H,1,8-10,15-17,19-30H2,2-7H3/t36-,38+,39-,40+,41+,44-,45+,46+,47-/m0/s1. The largest absolute Gasteiger partial charge is 0.429 e. The third-order valence-corrected chi connectivity index (χ3v) is 18.0. The molecule has 1 saturated heterocycles. The minimum Gasteiger partial charge on any atom is -0.429 e. The highest BCUT2D eigenvalue weighted by Crippen LogP contribution is 2.76. The Labute approximate surface area is 320 Å². The van der Waals surface area contributed by atoms with E-state index in [9.17, 15) is 9.59 Å². The Balaban J connectivity index is 0.991. The molecule has 6 aliphatic carbocycles. The first kappa shape index (κ1) is 37.5. The number of piperazine rings is 1. The highest BCUT2D eigenvalue weighted by Gasteiger charge is 2.70. The van der Waals surface area contributed by atoms with E-state index in [0.717, 1.165) is 70.4 Å². The van der Waals surface area contributed by atoms with Crippen LogP contribution >= 0.6 is 0 Å². The molecule has 6 fully saturated rings. The van der Waals surface area contributed by atoms with Gasteiger partial charge in [0.15, 0.2) is 0 Å². The number of fused-ring (bicyclic) bond motifs is 7. The first-order valence-electron chi connectivity index (χ1n) is 21.6. The Morgan fingerprint density at radius 3 is 2.28 bits per heavy atom. The molecule has 1 heterocycles. The summed E-state index contributed by atoms with van der Waals surface area (Å²) >= 11 is 0. The van der Waals surface area contributed by atoms with Crippen LogP contribution in [-0.2, 0) is 9.59 Å². The Hall–Kier alpha value is -2.44. The molecule has 0 radical (unpaired) electrons. The van der Waals surface area contributed by atoms with Gasteiger partial charge in [0.25, 0.3) is 6.47 Å². The summed E-state index contributed by atoms with van der Waals surface area (Å²) in [5.74, 6) is 4.71. The summed E-state index contributed by atoms with van der Waals surface area (Å²) in [6.07, 6.45) is 17.7. The summed E-state index contributed by atoms with van der Waals surface area (Å²) in [4.78, 5) is 28.5. The molecule has 0 unspecified atom stereocenters. The van der Waals surface area contributed by atoms with Gasteiger partial charge in [-0.1, -0.05) is 71.4 Å². The van der Waals surface area contributed by atoms with Gasteiger partial charge in [0, 0.05) is 50.7 Å². The lowest BCUT2D eigenvalue weighted by Gasteiger charge is -2.72. The van der Waals surface area contributed by atoms with Crippen LogP contribution < -0.4 is 10.1 Å². The molecule has 7 aliphatic rings. The molecule has 1 aliphatic heterocycles. The van der Waals surface area contributed by atoms with E-state index < -0.39 is 0 Å². The fourth-order valence-corrected chi connectivity index (χ4v) is 14.9. The smallest absolute Gasteiger partial charge is 0.298 e. The number of ether oxygens (including phenoxy) is 1. The highest BCUT2D eigenvalue weighted by molar-refractivity contribution is 5.79. The molecule has 8 rings (SSSR count). The lowest BCUT2D eigenvalue weighted by atomic mass is 9.33. The molecule has 5 saturated carbocycles. The van der Waals surface area contributed by atoms with Crippen LogP contribution in [0.2, 0.25) is 0 Å². The number of carbonyl (C=O) groups is 2. The van der Waals surface area contributed by atoms with Crippen molar-refractivity contribution in [2.24, 2.45) is 57.2 Å². The number of benzene rings is 1. The van der Waals surface area contributed by atoms with E-state index in [4.69, 9.17) is 4.74 Å². The van der Waals surface area contributed by atoms with Crippen LogP contribution in [0, 0.1) is 57.2 Å². The van der Waals surface area contributed by atoms with Crippen molar-refractivity contribution in [3.05, 3.63) is 48.1 Å². The minimum absolute atomic E-state index is 0.0695. The van der Waals surface area contributed by atoms with Gasteiger partial charge in [-0.3, -0.25) is 14.5 Å². The minimum atomic E-state index is 0.0695. The van der Waals surface area contributed by atoms with Gasteiger partial charge in [0.05, 0.1) is 0 Å². The number of nitrogens with zero attached hydrogens (tertiary/aromatic N) is 2. The van der Waals surface area contributed by atoms with Gasteiger partial charge in [0.1, 0.15) is 5.75 Å². The quantitative estimate of drug-likeness (QED) is 0.204. The first-order chi connectivity index (χ1) is 25.3. The lowest BCUT2D eigenvalue weighted by molar-refractivity contribution is -0.219. The lowest BCUT2D eigenvalue weighted by Crippen LogP contribution is -2.68. The van der Waals surface area contributed by atoms with E-state index in [2.05, 4.69) is 81.4 Å². The second kappa shape index (κ2) is 13.6. The Kier molecular flexibility index (Phi) is 9.65. The fourth-order valence-electron chi connectivity index (χ4n) is 14.9. The third kappa shape index (κ3) is 5.84. The van der Waals surface area contributed by atoms with E-state index in [-0.39, 0.29) is 16.4 Å². The van der Waals surface area contributed by atoms with Crippen molar-refractivity contribution in [3.8, 4) is 5.75 Å². The monoisotopic (exact) mass is 724 g/mol. The van der Waals surface area contributed by atoms with Crippen LogP contribution in [0.15, 0.2) is 42.5 Å². The predicted octanol–water partition coefficient (Wildman–Crippen LogP) is 9.16. The fraction of sp³-hybridized carbons (Fsp3) is 0.745. The van der Waals surface area contributed by atoms with Crippen molar-refractivity contribution >= 4 is 18.0 Å². The van der Waals surface area contributed by atoms with Crippen molar-refractivity contribution in [3.63, 3.8) is 0 Å². The second-order valence-corrected chi connectivity index (χ2v) is 20.3. The number of amides is 1. The second-order valence-electron chi connectivity index (χ2n) is 20.3. The van der Waals surface area contributed by atoms with E-state index in [1.54, 1.807) is 0 Å². The number of allylic oxidation sites excluding steroid dienone is 3. The summed E-state index contributed by atoms with van der Waals surface area (Å²) in [6.45, 7) is 26.7. The average molecular weight is 724 g/mol. The molecular formula is C47H69N3O3. The average Bonchev–Trinajstić information content (AvgIpc) is 3.49. The van der Waals surface area contributed by atoms with Crippen LogP contribution in [0.1, 0.15) is 124 Å². The summed E-state index contributed by atoms with van der Waals surface area (Å²) in [5.41, 5.74) is 5.35. The van der Waals surface area contributed by atoms with Gasteiger partial charge in [-0.25, -0.2) is 0 Å². The molecule has 6 heteroatoms. The van der Waals surface area contributed by atoms with Crippen molar-refractivity contribution in [1.82, 2.24) is 15.1 Å². The molecule has 290 valence electrons. The van der Waals surface area contributed by atoms with Crippen LogP contribution in [0.25, 0.3) is 5.57 Å². The zero-order valence-corrected chi connectivity index (χ0v) is 34.0. The molecule has 1 aromatic carbocycles. The summed E-state index contributed by atoms with van der Waals surface area (Å²) in [7, 11) is 0. The SMILES string of the molecule is C=C(C)[C@@H]1CC[C@]2(NCCN3CCN(C(=O)C4CCC4)CC3)CC[C@]3(C)[C@H](CC[C@@H]4[C@@]5(C)CC=C(c6ccc(OC=O)cc6)C(C)(C)[C@@H]5CC[C@]43C)[C@@H]12. The van der Waals surface area contributed by atoms with Crippen molar-refractivity contribution in [2.75, 3.05) is 39.3 Å². The number of nitrogens with one attached hydrogen (secondary N) is 1. The summed E-state index contributed by atoms with van der Waals surface area (Å²) in [6, 6.07) is 8.17. The first-order valence-corrected chi connectivity index (χ1v) is 21.6. The molecule has 53 heavy (non-hydrogen) atoms. The molecule has 1 N–H and O–H groups in total. The van der Waals surface area contributed by atoms with Gasteiger partial charge >= 0.3 is 0 Å². The van der Waals surface area contributed by atoms with Crippen LogP contribution in [0.5, 0.6) is 5.75 Å². The molecular weight excluding hydrogens is 655 g/mol. The molecule has 9 atom stereocenters. The molecule has 1 amide bonds. The maximum absolute atomic E-state index is 12.9. The number of hydrogen-bond donors (Lipinski definition) is 1. The number of hydrogen-bond acceptors (Lipinski definition) is 5. The highest BCUT2D eigenvalue weighted by atomic mass is 16.5. The number of carbonyl (C=O) groups excluding carboxylic acids is 2. The van der Waals surface area contributed by atoms with Crippen molar-refractivity contribution in [1.29, 1.82) is 0 Å². The van der Waals surface area contributed by atoms with E-state index in [1.165, 1.54) is 74.5 Å². The zero-order chi connectivity index (χ0) is 37.4. The maximum atomic E-state index is 12.9. The van der Waals surface area contributed by atoms with Gasteiger partial charge in [-0.2, -0.15) is 0 Å². The Bertz CT molecular complexity index is 1600. The molecule has 6 nitrogen and oxygen atoms in total. The predicted molar refractivity (Wildman–Crippen MR) is 214 cm³/mol. The maximum Gasteiger partial charge on any atom is 0.298 e. The Morgan fingerprint density at radius 1 is 0.887 bits per heavy atom. The van der Waals surface area contributed by atoms with Crippen molar-refractivity contribution < 1.29 is 14.3 Å². The van der Waals surface area contributed by atoms with Gasteiger partial charge < -0.3 is 15.0 Å². The molecule has 0 aromatic heterocycles. The van der Waals surface area contributed by atoms with Gasteiger partial charge in [-0.15, -0.1) is 0 Å². The van der Waals surface area contributed by atoms with E-state index in [0.29, 0.717) is 52.6 Å². The van der Waals surface area contributed by atoms with Gasteiger partial charge in [0.2, 0.25) is 5.91 Å². The van der Waals surface area contributed by atoms with Crippen LogP contribution in [0.3, 0.4) is 0 Å². The van der Waals surface area contributed by atoms with E-state index in [1.807, 2.05) is 12.1 Å². The van der Waals surface area contributed by atoms with Crippen LogP contribution in [0.4, 0.5) is 0 Å².